The molecule has 2 aromatic carbocycles. The second-order valence-electron chi connectivity index (χ2n) is 5.86. The van der Waals surface area contributed by atoms with Gasteiger partial charge in [-0.15, -0.1) is 12.4 Å². The van der Waals surface area contributed by atoms with Crippen LogP contribution in [-0.2, 0) is 10.0 Å². The normalized spacial score (nSPS) is 18.0. The number of rotatable bonds is 5. The average Bonchev–Trinajstić information content (AvgIpc) is 2.57. The van der Waals surface area contributed by atoms with Crippen LogP contribution in [-0.4, -0.2) is 27.4 Å². The molecule has 0 spiro atoms. The van der Waals surface area contributed by atoms with Gasteiger partial charge in [-0.1, -0.05) is 30.3 Å². The van der Waals surface area contributed by atoms with Gasteiger partial charge in [-0.25, -0.2) is 12.7 Å². The molecule has 0 radical (unpaired) electrons. The van der Waals surface area contributed by atoms with Crippen molar-refractivity contribution < 1.29 is 13.2 Å². The predicted molar refractivity (Wildman–Crippen MR) is 104 cm³/mol. The number of nitrogens with zero attached hydrogens (tertiary/aromatic N) is 1. The number of hydrogen-bond donors (Lipinski definition) is 1. The quantitative estimate of drug-likeness (QED) is 0.802. The highest BCUT2D eigenvalue weighted by molar-refractivity contribution is 7.93. The van der Waals surface area contributed by atoms with Crippen molar-refractivity contribution in [1.29, 1.82) is 0 Å². The van der Waals surface area contributed by atoms with E-state index in [4.69, 9.17) is 4.74 Å². The van der Waals surface area contributed by atoms with E-state index < -0.39 is 15.5 Å². The number of para-hydroxylation sites is 2. The highest BCUT2D eigenvalue weighted by Gasteiger charge is 2.41. The van der Waals surface area contributed by atoms with Gasteiger partial charge in [0.05, 0.1) is 5.69 Å². The molecule has 3 rings (SSSR count). The van der Waals surface area contributed by atoms with Crippen molar-refractivity contribution in [3.63, 3.8) is 0 Å². The molecule has 25 heavy (non-hydrogen) atoms. The Bertz CT molecular complexity index is 812. The van der Waals surface area contributed by atoms with Crippen LogP contribution in [0.4, 0.5) is 11.4 Å². The molecule has 0 bridgehead atoms. The number of fused-ring (bicyclic) bond motifs is 1. The van der Waals surface area contributed by atoms with Crippen molar-refractivity contribution in [3.8, 4) is 5.75 Å². The molecule has 0 aliphatic carbocycles. The van der Waals surface area contributed by atoms with Crippen LogP contribution in [0.15, 0.2) is 48.5 Å². The highest BCUT2D eigenvalue weighted by atomic mass is 35.5. The summed E-state index contributed by atoms with van der Waals surface area (Å²) in [5, 5.41) is 3.04. The van der Waals surface area contributed by atoms with E-state index in [-0.39, 0.29) is 12.4 Å². The summed E-state index contributed by atoms with van der Waals surface area (Å²) in [5.41, 5.74) is 1.23. The van der Waals surface area contributed by atoms with E-state index >= 15 is 0 Å². The Kier molecular flexibility index (Phi) is 6.32. The van der Waals surface area contributed by atoms with Crippen molar-refractivity contribution in [2.24, 2.45) is 0 Å². The molecular weight excluding hydrogens is 360 g/mol. The van der Waals surface area contributed by atoms with E-state index in [0.717, 1.165) is 18.5 Å². The van der Waals surface area contributed by atoms with Gasteiger partial charge < -0.3 is 10.1 Å². The fourth-order valence-corrected chi connectivity index (χ4v) is 4.76. The van der Waals surface area contributed by atoms with Gasteiger partial charge in [0, 0.05) is 6.42 Å². The number of anilines is 2. The van der Waals surface area contributed by atoms with Gasteiger partial charge in [0.1, 0.15) is 11.4 Å². The standard InChI is InChI=1S/C18H22N2O3S.ClH/c1-14-8-6-11-16-18(14)20(15-9-4-3-5-10-15)24(21,22)17(23-16)12-7-13-19-2;/h3-6,8-11,17,19H,7,12-13H2,1-2H3;1H. The van der Waals surface area contributed by atoms with Crippen molar-refractivity contribution in [1.82, 2.24) is 5.32 Å². The summed E-state index contributed by atoms with van der Waals surface area (Å²) >= 11 is 0. The third kappa shape index (κ3) is 3.76. The molecule has 136 valence electrons. The third-order valence-corrected chi connectivity index (χ3v) is 6.00. The monoisotopic (exact) mass is 382 g/mol. The topological polar surface area (TPSA) is 58.6 Å². The molecule has 2 aromatic rings. The number of sulfonamides is 1. The van der Waals surface area contributed by atoms with Crippen LogP contribution in [0.25, 0.3) is 0 Å². The lowest BCUT2D eigenvalue weighted by molar-refractivity contribution is 0.254. The molecular formula is C18H23ClN2O3S. The van der Waals surface area contributed by atoms with E-state index in [1.54, 1.807) is 0 Å². The summed E-state index contributed by atoms with van der Waals surface area (Å²) in [6.45, 7) is 2.65. The minimum Gasteiger partial charge on any atom is -0.470 e. The van der Waals surface area contributed by atoms with Crippen molar-refractivity contribution in [2.45, 2.75) is 25.2 Å². The lowest BCUT2D eigenvalue weighted by Crippen LogP contribution is -2.43. The summed E-state index contributed by atoms with van der Waals surface area (Å²) < 4.78 is 33.7. The molecule has 5 nitrogen and oxygen atoms in total. The van der Waals surface area contributed by atoms with Gasteiger partial charge >= 0.3 is 0 Å². The van der Waals surface area contributed by atoms with Crippen molar-refractivity contribution in [2.75, 3.05) is 17.9 Å². The van der Waals surface area contributed by atoms with Crippen LogP contribution < -0.4 is 14.4 Å². The Morgan fingerprint density at radius 3 is 2.52 bits per heavy atom. The fraction of sp³-hybridized carbons (Fsp3) is 0.333. The lowest BCUT2D eigenvalue weighted by atomic mass is 10.1. The first kappa shape index (κ1) is 19.6. The molecule has 0 amide bonds. The Morgan fingerprint density at radius 2 is 1.84 bits per heavy atom. The number of ether oxygens (including phenoxy) is 1. The van der Waals surface area contributed by atoms with Gasteiger partial charge in [-0.3, -0.25) is 0 Å². The zero-order chi connectivity index (χ0) is 17.2. The van der Waals surface area contributed by atoms with E-state index in [0.29, 0.717) is 23.5 Å². The Morgan fingerprint density at radius 1 is 1.12 bits per heavy atom. The molecule has 1 heterocycles. The molecule has 7 heteroatoms. The molecule has 1 aliphatic rings. The van der Waals surface area contributed by atoms with Gasteiger partial charge in [-0.05, 0) is 50.7 Å². The summed E-state index contributed by atoms with van der Waals surface area (Å²) in [5.74, 6) is 0.614. The number of aryl methyl sites for hydroxylation is 1. The van der Waals surface area contributed by atoms with Gasteiger partial charge in [-0.2, -0.15) is 0 Å². The fourth-order valence-electron chi connectivity index (χ4n) is 2.93. The summed E-state index contributed by atoms with van der Waals surface area (Å²) in [6, 6.07) is 14.8. The Labute approximate surface area is 155 Å². The predicted octanol–water partition coefficient (Wildman–Crippen LogP) is 3.60. The zero-order valence-electron chi connectivity index (χ0n) is 14.3. The molecule has 1 atom stereocenters. The molecule has 0 fully saturated rings. The molecule has 1 unspecified atom stereocenters. The summed E-state index contributed by atoms with van der Waals surface area (Å²) in [6.07, 6.45) is 1.17. The molecule has 0 saturated heterocycles. The number of halogens is 1. The van der Waals surface area contributed by atoms with Gasteiger partial charge in [0.15, 0.2) is 0 Å². The van der Waals surface area contributed by atoms with E-state index in [1.807, 2.05) is 62.5 Å². The average molecular weight is 383 g/mol. The van der Waals surface area contributed by atoms with Crippen LogP contribution >= 0.6 is 12.4 Å². The largest absolute Gasteiger partial charge is 0.470 e. The van der Waals surface area contributed by atoms with Crippen LogP contribution in [0.1, 0.15) is 18.4 Å². The number of nitrogens with one attached hydrogen (secondary N) is 1. The maximum Gasteiger partial charge on any atom is 0.277 e. The second-order valence-corrected chi connectivity index (χ2v) is 7.78. The zero-order valence-corrected chi connectivity index (χ0v) is 15.9. The van der Waals surface area contributed by atoms with Crippen LogP contribution in [0, 0.1) is 6.92 Å². The van der Waals surface area contributed by atoms with Crippen LogP contribution in [0.5, 0.6) is 5.75 Å². The molecule has 1 N–H and O–H groups in total. The van der Waals surface area contributed by atoms with E-state index in [2.05, 4.69) is 5.32 Å². The maximum absolute atomic E-state index is 13.2. The third-order valence-electron chi connectivity index (χ3n) is 4.11. The minimum atomic E-state index is -3.65. The van der Waals surface area contributed by atoms with Crippen LogP contribution in [0.3, 0.4) is 0 Å². The lowest BCUT2D eigenvalue weighted by Gasteiger charge is -2.36. The van der Waals surface area contributed by atoms with Crippen molar-refractivity contribution in [3.05, 3.63) is 54.1 Å². The van der Waals surface area contributed by atoms with Crippen molar-refractivity contribution >= 4 is 33.8 Å². The van der Waals surface area contributed by atoms with E-state index in [1.165, 1.54) is 4.31 Å². The SMILES string of the molecule is CNCCCC1Oc2cccc(C)c2N(c2ccccc2)S1(=O)=O.Cl. The Balaban J connectivity index is 0.00000225. The number of benzene rings is 2. The first-order valence-electron chi connectivity index (χ1n) is 8.06. The van der Waals surface area contributed by atoms with Gasteiger partial charge in [0.25, 0.3) is 10.0 Å². The summed E-state index contributed by atoms with van der Waals surface area (Å²) in [4.78, 5) is 0. The van der Waals surface area contributed by atoms with Gasteiger partial charge in [0.2, 0.25) is 5.44 Å². The van der Waals surface area contributed by atoms with Crippen LogP contribution in [0.2, 0.25) is 0 Å². The smallest absolute Gasteiger partial charge is 0.277 e. The minimum absolute atomic E-state index is 0. The molecule has 0 aromatic heterocycles. The maximum atomic E-state index is 13.2. The second kappa shape index (κ2) is 8.08. The Hall–Kier alpha value is -1.76. The highest BCUT2D eigenvalue weighted by Crippen LogP contribution is 2.44. The molecule has 1 aliphatic heterocycles. The van der Waals surface area contributed by atoms with E-state index in [9.17, 15) is 8.42 Å². The summed E-state index contributed by atoms with van der Waals surface area (Å²) in [7, 11) is -1.80. The first-order chi connectivity index (χ1) is 11.6. The molecule has 0 saturated carbocycles. The first-order valence-corrected chi connectivity index (χ1v) is 9.56. The number of hydrogen-bond acceptors (Lipinski definition) is 4.